The number of aliphatic carboxylic acids is 1. The number of carbonyl (C=O) groups is 1. The molecule has 0 aliphatic rings. The van der Waals surface area contributed by atoms with Crippen molar-refractivity contribution >= 4 is 13.6 Å². The molecule has 1 aromatic rings. The van der Waals surface area contributed by atoms with E-state index in [0.717, 1.165) is 0 Å². The third-order valence-electron chi connectivity index (χ3n) is 2.10. The second-order valence-corrected chi connectivity index (χ2v) is 5.32. The van der Waals surface area contributed by atoms with E-state index in [9.17, 15) is 9.36 Å². The van der Waals surface area contributed by atoms with Gasteiger partial charge in [0, 0.05) is 0 Å². The van der Waals surface area contributed by atoms with Gasteiger partial charge in [0.15, 0.2) is 6.35 Å². The van der Waals surface area contributed by atoms with Crippen LogP contribution in [0.5, 0.6) is 5.75 Å². The lowest BCUT2D eigenvalue weighted by molar-refractivity contribution is -0.138. The maximum absolute atomic E-state index is 10.6. The average molecular weight is 275 g/mol. The lowest BCUT2D eigenvalue weighted by atomic mass is 10.1. The van der Waals surface area contributed by atoms with E-state index in [-0.39, 0.29) is 6.42 Å². The Bertz CT molecular complexity index is 454. The van der Waals surface area contributed by atoms with E-state index in [1.807, 2.05) is 0 Å². The van der Waals surface area contributed by atoms with Gasteiger partial charge in [0.1, 0.15) is 11.8 Å². The molecule has 1 atom stereocenters. The van der Waals surface area contributed by atoms with Gasteiger partial charge in [-0.15, -0.1) is 0 Å². The Morgan fingerprint density at radius 2 is 1.89 bits per heavy atom. The van der Waals surface area contributed by atoms with E-state index in [2.05, 4.69) is 0 Å². The minimum Gasteiger partial charge on any atom is -0.481 e. The van der Waals surface area contributed by atoms with Crippen molar-refractivity contribution in [3.05, 3.63) is 29.8 Å². The van der Waals surface area contributed by atoms with Crippen molar-refractivity contribution in [2.24, 2.45) is 5.73 Å². The monoisotopic (exact) mass is 275 g/mol. The number of carboxylic acid groups (broad SMARTS) is 1. The highest BCUT2D eigenvalue weighted by Crippen LogP contribution is 2.34. The van der Waals surface area contributed by atoms with Crippen LogP contribution in [0.1, 0.15) is 5.56 Å². The van der Waals surface area contributed by atoms with Crippen molar-refractivity contribution in [3.8, 4) is 5.75 Å². The summed E-state index contributed by atoms with van der Waals surface area (Å²) in [6, 6.07) is 5.21. The van der Waals surface area contributed by atoms with Gasteiger partial charge in [-0.05, 0) is 24.1 Å². The van der Waals surface area contributed by atoms with E-state index in [1.165, 1.54) is 12.1 Å². The molecule has 0 radical (unpaired) electrons. The van der Waals surface area contributed by atoms with Gasteiger partial charge in [-0.1, -0.05) is 12.1 Å². The first kappa shape index (κ1) is 14.7. The summed E-state index contributed by atoms with van der Waals surface area (Å²) < 4.78 is 15.4. The van der Waals surface area contributed by atoms with Crippen molar-refractivity contribution in [3.63, 3.8) is 0 Å². The SMILES string of the molecule is N[C@@H](Cc1ccc(OCP(=O)(O)O)cc1)C(=O)O. The molecular formula is C10H14NO6P. The summed E-state index contributed by atoms with van der Waals surface area (Å²) in [5.41, 5.74) is 6.07. The number of rotatable bonds is 6. The molecule has 0 saturated heterocycles. The van der Waals surface area contributed by atoms with Crippen molar-refractivity contribution in [1.29, 1.82) is 0 Å². The molecule has 0 spiro atoms. The van der Waals surface area contributed by atoms with Gasteiger partial charge in [0.2, 0.25) is 0 Å². The summed E-state index contributed by atoms with van der Waals surface area (Å²) in [7, 11) is -4.20. The fraction of sp³-hybridized carbons (Fsp3) is 0.300. The second-order valence-electron chi connectivity index (χ2n) is 3.73. The predicted octanol–water partition coefficient (Wildman–Crippen LogP) is 0.155. The molecule has 18 heavy (non-hydrogen) atoms. The number of ether oxygens (including phenoxy) is 1. The van der Waals surface area contributed by atoms with Gasteiger partial charge in [-0.2, -0.15) is 0 Å². The highest BCUT2D eigenvalue weighted by molar-refractivity contribution is 7.51. The molecule has 0 unspecified atom stereocenters. The standard InChI is InChI=1S/C10H14NO6P/c11-9(10(12)13)5-7-1-3-8(4-2-7)17-6-18(14,15)16/h1-4,9H,5-6,11H2,(H,12,13)(H2,14,15,16)/t9-/m0/s1. The van der Waals surface area contributed by atoms with Crippen molar-refractivity contribution in [2.75, 3.05) is 6.35 Å². The molecule has 0 aliphatic heterocycles. The minimum absolute atomic E-state index is 0.175. The van der Waals surface area contributed by atoms with Crippen LogP contribution in [0.15, 0.2) is 24.3 Å². The minimum atomic E-state index is -4.20. The van der Waals surface area contributed by atoms with E-state index in [0.29, 0.717) is 11.3 Å². The third-order valence-corrected chi connectivity index (χ3v) is 2.56. The van der Waals surface area contributed by atoms with Crippen LogP contribution in [-0.2, 0) is 15.8 Å². The van der Waals surface area contributed by atoms with E-state index < -0.39 is 26.0 Å². The number of nitrogens with two attached hydrogens (primary N) is 1. The maximum atomic E-state index is 10.6. The van der Waals surface area contributed by atoms with E-state index in [4.69, 9.17) is 25.4 Å². The van der Waals surface area contributed by atoms with Gasteiger partial charge in [-0.25, -0.2) is 0 Å². The molecule has 8 heteroatoms. The Morgan fingerprint density at radius 3 is 2.33 bits per heavy atom. The highest BCUT2D eigenvalue weighted by Gasteiger charge is 2.14. The number of carboxylic acids is 1. The van der Waals surface area contributed by atoms with Crippen molar-refractivity contribution < 1.29 is 29.0 Å². The Balaban J connectivity index is 2.57. The summed E-state index contributed by atoms with van der Waals surface area (Å²) in [5.74, 6) is -0.789. The average Bonchev–Trinajstić information content (AvgIpc) is 2.27. The Labute approximate surface area is 103 Å². The zero-order valence-electron chi connectivity index (χ0n) is 9.39. The molecule has 1 rings (SSSR count). The predicted molar refractivity (Wildman–Crippen MR) is 63.3 cm³/mol. The fourth-order valence-corrected chi connectivity index (χ4v) is 1.54. The summed E-state index contributed by atoms with van der Waals surface area (Å²) in [4.78, 5) is 27.8. The van der Waals surface area contributed by atoms with Crippen LogP contribution in [0, 0.1) is 0 Å². The van der Waals surface area contributed by atoms with E-state index in [1.54, 1.807) is 12.1 Å². The van der Waals surface area contributed by atoms with Crippen LogP contribution in [0.2, 0.25) is 0 Å². The molecule has 7 nitrogen and oxygen atoms in total. The molecule has 0 amide bonds. The summed E-state index contributed by atoms with van der Waals surface area (Å²) in [5, 5.41) is 8.64. The van der Waals surface area contributed by atoms with Crippen LogP contribution in [-0.4, -0.2) is 33.3 Å². The third kappa shape index (κ3) is 5.29. The Hall–Kier alpha value is -1.40. The highest BCUT2D eigenvalue weighted by atomic mass is 31.2. The lowest BCUT2D eigenvalue weighted by Gasteiger charge is -2.09. The second kappa shape index (κ2) is 5.97. The first-order valence-corrected chi connectivity index (χ1v) is 6.82. The fourth-order valence-electron chi connectivity index (χ4n) is 1.22. The molecule has 0 aliphatic carbocycles. The van der Waals surface area contributed by atoms with Crippen LogP contribution < -0.4 is 10.5 Å². The van der Waals surface area contributed by atoms with Crippen LogP contribution in [0.3, 0.4) is 0 Å². The molecule has 1 aromatic carbocycles. The Morgan fingerprint density at radius 1 is 1.33 bits per heavy atom. The molecule has 0 saturated carbocycles. The first-order valence-electron chi connectivity index (χ1n) is 5.02. The molecule has 0 heterocycles. The summed E-state index contributed by atoms with van der Waals surface area (Å²) >= 11 is 0. The number of hydrogen-bond donors (Lipinski definition) is 4. The van der Waals surface area contributed by atoms with Crippen molar-refractivity contribution in [2.45, 2.75) is 12.5 Å². The topological polar surface area (TPSA) is 130 Å². The Kier molecular flexibility index (Phi) is 4.86. The molecule has 100 valence electrons. The maximum Gasteiger partial charge on any atom is 0.362 e. The van der Waals surface area contributed by atoms with Crippen LogP contribution >= 0.6 is 7.60 Å². The zero-order valence-corrected chi connectivity index (χ0v) is 10.3. The molecular weight excluding hydrogens is 261 g/mol. The van der Waals surface area contributed by atoms with Crippen molar-refractivity contribution in [1.82, 2.24) is 0 Å². The molecule has 0 aromatic heterocycles. The van der Waals surface area contributed by atoms with Crippen LogP contribution in [0.25, 0.3) is 0 Å². The van der Waals surface area contributed by atoms with E-state index >= 15 is 0 Å². The molecule has 0 bridgehead atoms. The first-order chi connectivity index (χ1) is 8.28. The normalized spacial score (nSPS) is 13.1. The molecule has 5 N–H and O–H groups in total. The van der Waals surface area contributed by atoms with Gasteiger partial charge in [0.05, 0.1) is 0 Å². The summed E-state index contributed by atoms with van der Waals surface area (Å²) in [6.45, 7) is 0. The van der Waals surface area contributed by atoms with Crippen LogP contribution in [0.4, 0.5) is 0 Å². The number of hydrogen-bond acceptors (Lipinski definition) is 4. The van der Waals surface area contributed by atoms with Gasteiger partial charge < -0.3 is 25.4 Å². The largest absolute Gasteiger partial charge is 0.481 e. The van der Waals surface area contributed by atoms with Gasteiger partial charge >= 0.3 is 13.6 Å². The summed E-state index contributed by atoms with van der Waals surface area (Å²) in [6.07, 6.45) is -0.519. The molecule has 0 fully saturated rings. The lowest BCUT2D eigenvalue weighted by Crippen LogP contribution is -2.32. The van der Waals surface area contributed by atoms with Gasteiger partial charge in [0.25, 0.3) is 0 Å². The zero-order chi connectivity index (χ0) is 13.8. The van der Waals surface area contributed by atoms with Gasteiger partial charge in [-0.3, -0.25) is 9.36 Å². The quantitative estimate of drug-likeness (QED) is 0.544. The smallest absolute Gasteiger partial charge is 0.362 e. The number of benzene rings is 1.